The molecule has 1 amide bonds. The van der Waals surface area contributed by atoms with Gasteiger partial charge in [0.25, 0.3) is 5.91 Å². The van der Waals surface area contributed by atoms with Gasteiger partial charge in [0, 0.05) is 19.2 Å². The summed E-state index contributed by atoms with van der Waals surface area (Å²) in [5.41, 5.74) is 0.825. The number of rotatable bonds is 6. The van der Waals surface area contributed by atoms with Crippen molar-refractivity contribution >= 4 is 5.91 Å². The first-order chi connectivity index (χ1) is 9.69. The van der Waals surface area contributed by atoms with Crippen LogP contribution < -0.4 is 4.74 Å². The molecule has 1 N–H and O–H groups in total. The maximum atomic E-state index is 12.3. The molecule has 0 spiro atoms. The molecule has 0 aliphatic rings. The molecule has 0 heterocycles. The van der Waals surface area contributed by atoms with Crippen molar-refractivity contribution in [1.82, 2.24) is 4.90 Å². The molecule has 0 radical (unpaired) electrons. The summed E-state index contributed by atoms with van der Waals surface area (Å²) in [6.45, 7) is 8.13. The number of allylic oxidation sites excluding steroid dienone is 1. The zero-order valence-corrected chi connectivity index (χ0v) is 13.5. The van der Waals surface area contributed by atoms with Crippen LogP contribution in [0.2, 0.25) is 0 Å². The van der Waals surface area contributed by atoms with Crippen LogP contribution in [0.1, 0.15) is 38.1 Å². The van der Waals surface area contributed by atoms with Crippen LogP contribution in [0, 0.1) is 0 Å². The Morgan fingerprint density at radius 3 is 2.62 bits per heavy atom. The quantitative estimate of drug-likeness (QED) is 0.820. The van der Waals surface area contributed by atoms with Crippen LogP contribution in [0.15, 0.2) is 35.9 Å². The highest BCUT2D eigenvalue weighted by Crippen LogP contribution is 2.16. The molecule has 0 saturated heterocycles. The average Bonchev–Trinajstić information content (AvgIpc) is 2.35. The van der Waals surface area contributed by atoms with Gasteiger partial charge in [-0.05, 0) is 52.0 Å². The van der Waals surface area contributed by atoms with Gasteiger partial charge in [-0.15, -0.1) is 0 Å². The van der Waals surface area contributed by atoms with Crippen LogP contribution in [0.4, 0.5) is 0 Å². The Morgan fingerprint density at radius 2 is 2.05 bits per heavy atom. The van der Waals surface area contributed by atoms with E-state index in [1.54, 1.807) is 39.1 Å². The molecule has 4 nitrogen and oxygen atoms in total. The molecule has 0 unspecified atom stereocenters. The number of nitrogens with zero attached hydrogens (tertiary/aromatic N) is 1. The fourth-order valence-corrected chi connectivity index (χ4v) is 1.90. The lowest BCUT2D eigenvalue weighted by atomic mass is 10.1. The third-order valence-electron chi connectivity index (χ3n) is 2.79. The summed E-state index contributed by atoms with van der Waals surface area (Å²) in [6, 6.07) is 7.09. The minimum Gasteiger partial charge on any atom is -0.490 e. The molecule has 0 aromatic heterocycles. The van der Waals surface area contributed by atoms with Gasteiger partial charge in [0.2, 0.25) is 0 Å². The van der Waals surface area contributed by atoms with Crippen LogP contribution in [-0.2, 0) is 0 Å². The minimum atomic E-state index is -0.915. The SMILES string of the molecule is CC(C)=CCOc1cccc(C(=O)N(C)CC(C)(C)O)c1. The molecule has 116 valence electrons. The molecule has 0 aliphatic carbocycles. The van der Waals surface area contributed by atoms with Crippen LogP contribution in [-0.4, -0.2) is 41.7 Å². The molecule has 0 bridgehead atoms. The highest BCUT2D eigenvalue weighted by molar-refractivity contribution is 5.94. The van der Waals surface area contributed by atoms with Crippen molar-refractivity contribution in [3.05, 3.63) is 41.5 Å². The summed E-state index contributed by atoms with van der Waals surface area (Å²) >= 11 is 0. The fraction of sp³-hybridized carbons (Fsp3) is 0.471. The predicted octanol–water partition coefficient (Wildman–Crippen LogP) is 2.87. The van der Waals surface area contributed by atoms with E-state index in [0.717, 1.165) is 0 Å². The van der Waals surface area contributed by atoms with E-state index in [0.29, 0.717) is 17.9 Å². The summed E-state index contributed by atoms with van der Waals surface area (Å²) in [4.78, 5) is 13.8. The van der Waals surface area contributed by atoms with E-state index >= 15 is 0 Å². The number of likely N-dealkylation sites (N-methyl/N-ethyl adjacent to an activating group) is 1. The van der Waals surface area contributed by atoms with Gasteiger partial charge in [-0.25, -0.2) is 0 Å². The van der Waals surface area contributed by atoms with Crippen molar-refractivity contribution in [2.75, 3.05) is 20.2 Å². The molecule has 0 aliphatic heterocycles. The second-order valence-corrected chi connectivity index (χ2v) is 6.09. The van der Waals surface area contributed by atoms with Crippen LogP contribution in [0.25, 0.3) is 0 Å². The largest absolute Gasteiger partial charge is 0.490 e. The molecule has 0 fully saturated rings. The Kier molecular flexibility index (Phi) is 5.97. The van der Waals surface area contributed by atoms with E-state index in [1.165, 1.54) is 10.5 Å². The Morgan fingerprint density at radius 1 is 1.38 bits per heavy atom. The van der Waals surface area contributed by atoms with Crippen molar-refractivity contribution in [2.45, 2.75) is 33.3 Å². The third kappa shape index (κ3) is 6.45. The van der Waals surface area contributed by atoms with Gasteiger partial charge in [-0.3, -0.25) is 4.79 Å². The smallest absolute Gasteiger partial charge is 0.253 e. The number of carbonyl (C=O) groups is 1. The summed E-state index contributed by atoms with van der Waals surface area (Å²) in [5, 5.41) is 9.78. The monoisotopic (exact) mass is 291 g/mol. The van der Waals surface area contributed by atoms with Gasteiger partial charge in [-0.1, -0.05) is 11.6 Å². The Bertz CT molecular complexity index is 511. The molecule has 0 atom stereocenters. The third-order valence-corrected chi connectivity index (χ3v) is 2.79. The topological polar surface area (TPSA) is 49.8 Å². The maximum Gasteiger partial charge on any atom is 0.253 e. The first-order valence-corrected chi connectivity index (χ1v) is 7.03. The average molecular weight is 291 g/mol. The molecule has 21 heavy (non-hydrogen) atoms. The lowest BCUT2D eigenvalue weighted by molar-refractivity contribution is 0.0368. The Balaban J connectivity index is 2.75. The highest BCUT2D eigenvalue weighted by Gasteiger charge is 2.20. The van der Waals surface area contributed by atoms with Gasteiger partial charge in [0.1, 0.15) is 12.4 Å². The van der Waals surface area contributed by atoms with Crippen LogP contribution in [0.5, 0.6) is 5.75 Å². The fourth-order valence-electron chi connectivity index (χ4n) is 1.90. The normalized spacial score (nSPS) is 11.0. The first kappa shape index (κ1) is 17.2. The van der Waals surface area contributed by atoms with E-state index < -0.39 is 5.60 Å². The number of amides is 1. The van der Waals surface area contributed by atoms with Crippen molar-refractivity contribution in [1.29, 1.82) is 0 Å². The van der Waals surface area contributed by atoms with Crippen LogP contribution in [0.3, 0.4) is 0 Å². The van der Waals surface area contributed by atoms with E-state index in [-0.39, 0.29) is 12.5 Å². The van der Waals surface area contributed by atoms with E-state index in [1.807, 2.05) is 26.0 Å². The van der Waals surface area contributed by atoms with E-state index in [4.69, 9.17) is 4.74 Å². The Labute approximate surface area is 127 Å². The molecule has 4 heteroatoms. The summed E-state index contributed by atoms with van der Waals surface area (Å²) in [7, 11) is 1.68. The van der Waals surface area contributed by atoms with Gasteiger partial charge >= 0.3 is 0 Å². The second kappa shape index (κ2) is 7.27. The molecular weight excluding hydrogens is 266 g/mol. The number of benzene rings is 1. The van der Waals surface area contributed by atoms with Gasteiger partial charge in [0.05, 0.1) is 5.60 Å². The molecule has 1 rings (SSSR count). The number of carbonyl (C=O) groups excluding carboxylic acids is 1. The summed E-state index contributed by atoms with van der Waals surface area (Å²) in [6.07, 6.45) is 1.98. The van der Waals surface area contributed by atoms with Crippen molar-refractivity contribution < 1.29 is 14.6 Å². The minimum absolute atomic E-state index is 0.134. The van der Waals surface area contributed by atoms with Crippen molar-refractivity contribution in [2.24, 2.45) is 0 Å². The van der Waals surface area contributed by atoms with Crippen molar-refractivity contribution in [3.8, 4) is 5.75 Å². The standard InChI is InChI=1S/C17H25NO3/c1-13(2)9-10-21-15-8-6-7-14(11-15)16(19)18(5)12-17(3,4)20/h6-9,11,20H,10,12H2,1-5H3. The second-order valence-electron chi connectivity index (χ2n) is 6.09. The van der Waals surface area contributed by atoms with Crippen LogP contribution >= 0.6 is 0 Å². The summed E-state index contributed by atoms with van der Waals surface area (Å²) in [5.74, 6) is 0.528. The number of aliphatic hydroxyl groups is 1. The molecule has 1 aromatic carbocycles. The lowest BCUT2D eigenvalue weighted by Crippen LogP contribution is -2.39. The van der Waals surface area contributed by atoms with E-state index in [2.05, 4.69) is 0 Å². The maximum absolute atomic E-state index is 12.3. The summed E-state index contributed by atoms with van der Waals surface area (Å²) < 4.78 is 5.59. The first-order valence-electron chi connectivity index (χ1n) is 7.03. The highest BCUT2D eigenvalue weighted by atomic mass is 16.5. The van der Waals surface area contributed by atoms with Gasteiger partial charge < -0.3 is 14.7 Å². The lowest BCUT2D eigenvalue weighted by Gasteiger charge is -2.25. The number of ether oxygens (including phenoxy) is 1. The zero-order chi connectivity index (χ0) is 16.0. The Hall–Kier alpha value is -1.81. The number of hydrogen-bond donors (Lipinski definition) is 1. The van der Waals surface area contributed by atoms with Crippen molar-refractivity contribution in [3.63, 3.8) is 0 Å². The number of hydrogen-bond acceptors (Lipinski definition) is 3. The van der Waals surface area contributed by atoms with E-state index in [9.17, 15) is 9.90 Å². The zero-order valence-electron chi connectivity index (χ0n) is 13.5. The molecule has 0 saturated carbocycles. The molecular formula is C17H25NO3. The predicted molar refractivity (Wildman–Crippen MR) is 84.6 cm³/mol. The van der Waals surface area contributed by atoms with Gasteiger partial charge in [0.15, 0.2) is 0 Å². The molecule has 1 aromatic rings. The van der Waals surface area contributed by atoms with Gasteiger partial charge in [-0.2, -0.15) is 0 Å².